The van der Waals surface area contributed by atoms with Crippen molar-refractivity contribution in [2.45, 2.75) is 25.7 Å². The monoisotopic (exact) mass is 387 g/mol. The molecule has 4 aromatic rings. The zero-order valence-electron chi connectivity index (χ0n) is 16.1. The van der Waals surface area contributed by atoms with Crippen molar-refractivity contribution in [3.63, 3.8) is 0 Å². The van der Waals surface area contributed by atoms with E-state index in [0.29, 0.717) is 11.5 Å². The minimum absolute atomic E-state index is 0.0669. The highest BCUT2D eigenvalue weighted by atomic mass is 16.2. The lowest BCUT2D eigenvalue weighted by Gasteiger charge is -2.30. The molecule has 0 spiro atoms. The van der Waals surface area contributed by atoms with Gasteiger partial charge in [0.25, 0.3) is 5.91 Å². The molecule has 29 heavy (non-hydrogen) atoms. The summed E-state index contributed by atoms with van der Waals surface area (Å²) in [6.07, 6.45) is 6.99. The number of nitrogens with one attached hydrogen (secondary N) is 2. The summed E-state index contributed by atoms with van der Waals surface area (Å²) in [4.78, 5) is 31.0. The van der Waals surface area contributed by atoms with Crippen molar-refractivity contribution in [2.24, 2.45) is 0 Å². The van der Waals surface area contributed by atoms with Crippen molar-refractivity contribution in [1.82, 2.24) is 35.0 Å². The molecular weight excluding hydrogens is 366 g/mol. The van der Waals surface area contributed by atoms with E-state index in [9.17, 15) is 4.79 Å². The smallest absolute Gasteiger partial charge is 0.253 e. The third-order valence-corrected chi connectivity index (χ3v) is 5.54. The van der Waals surface area contributed by atoms with Crippen molar-refractivity contribution >= 4 is 16.9 Å². The molecule has 1 aliphatic rings. The van der Waals surface area contributed by atoms with Crippen LogP contribution >= 0.6 is 0 Å². The maximum absolute atomic E-state index is 12.9. The van der Waals surface area contributed by atoms with Crippen molar-refractivity contribution in [1.29, 1.82) is 0 Å². The molecule has 8 nitrogen and oxygen atoms in total. The number of H-pyrrole nitrogens is 2. The highest BCUT2D eigenvalue weighted by Crippen LogP contribution is 2.28. The largest absolute Gasteiger partial charge is 0.343 e. The lowest BCUT2D eigenvalue weighted by Crippen LogP contribution is -2.38. The Kier molecular flexibility index (Phi) is 4.31. The first-order valence-electron chi connectivity index (χ1n) is 9.75. The molecule has 2 N–H and O–H groups in total. The van der Waals surface area contributed by atoms with E-state index in [1.807, 2.05) is 36.1 Å². The topological polar surface area (TPSA) is 103 Å². The van der Waals surface area contributed by atoms with Gasteiger partial charge in [0.1, 0.15) is 5.82 Å². The fourth-order valence-electron chi connectivity index (χ4n) is 3.93. The van der Waals surface area contributed by atoms with Crippen molar-refractivity contribution in [3.8, 4) is 11.1 Å². The zero-order chi connectivity index (χ0) is 19.8. The number of aromatic nitrogens is 6. The van der Waals surface area contributed by atoms with Crippen LogP contribution in [-0.2, 0) is 0 Å². The van der Waals surface area contributed by atoms with E-state index < -0.39 is 0 Å². The van der Waals surface area contributed by atoms with Crippen LogP contribution < -0.4 is 0 Å². The van der Waals surface area contributed by atoms with Gasteiger partial charge >= 0.3 is 0 Å². The predicted octanol–water partition coefficient (Wildman–Crippen LogP) is 3.07. The average Bonchev–Trinajstić information content (AvgIpc) is 3.42. The van der Waals surface area contributed by atoms with E-state index in [1.165, 1.54) is 0 Å². The van der Waals surface area contributed by atoms with E-state index in [2.05, 4.69) is 30.1 Å². The quantitative estimate of drug-likeness (QED) is 0.562. The van der Waals surface area contributed by atoms with Gasteiger partial charge in [-0.1, -0.05) is 12.1 Å². The SMILES string of the molecule is Cc1nc(C2CCN(C(=O)c3ccc(-c4cncc5[nH]cnc45)cc3)CC2)n[nH]1. The fourth-order valence-corrected chi connectivity index (χ4v) is 3.93. The second-order valence-electron chi connectivity index (χ2n) is 7.41. The van der Waals surface area contributed by atoms with E-state index >= 15 is 0 Å². The lowest BCUT2D eigenvalue weighted by molar-refractivity contribution is 0.0711. The first-order valence-corrected chi connectivity index (χ1v) is 9.75. The number of imidazole rings is 1. The predicted molar refractivity (Wildman–Crippen MR) is 108 cm³/mol. The number of nitrogens with zero attached hydrogens (tertiary/aromatic N) is 5. The minimum atomic E-state index is 0.0669. The summed E-state index contributed by atoms with van der Waals surface area (Å²) >= 11 is 0. The number of benzene rings is 1. The van der Waals surface area contributed by atoms with Gasteiger partial charge in [0.2, 0.25) is 0 Å². The van der Waals surface area contributed by atoms with Gasteiger partial charge in [-0.25, -0.2) is 9.97 Å². The van der Waals surface area contributed by atoms with Crippen LogP contribution in [0.1, 0.15) is 40.8 Å². The lowest BCUT2D eigenvalue weighted by atomic mass is 9.95. The van der Waals surface area contributed by atoms with E-state index in [-0.39, 0.29) is 5.91 Å². The number of piperidine rings is 1. The summed E-state index contributed by atoms with van der Waals surface area (Å²) in [5, 5.41) is 7.17. The number of carbonyl (C=O) groups excluding carboxylic acids is 1. The van der Waals surface area contributed by atoms with Crippen LogP contribution in [0.3, 0.4) is 0 Å². The standard InChI is InChI=1S/C21H21N7O/c1-13-25-20(27-26-13)15-6-8-28(9-7-15)21(29)16-4-2-14(3-5-16)17-10-22-11-18-19(17)24-12-23-18/h2-5,10-12,15H,6-9H2,1H3,(H,23,24)(H,25,26,27). The van der Waals surface area contributed by atoms with Gasteiger partial charge in [0, 0.05) is 36.3 Å². The molecule has 1 amide bonds. The van der Waals surface area contributed by atoms with Crippen LogP contribution in [0.2, 0.25) is 0 Å². The van der Waals surface area contributed by atoms with E-state index in [1.54, 1.807) is 18.7 Å². The number of aromatic amines is 2. The van der Waals surface area contributed by atoms with Crippen LogP contribution in [0.25, 0.3) is 22.2 Å². The van der Waals surface area contributed by atoms with Crippen LogP contribution in [0.4, 0.5) is 0 Å². The zero-order valence-corrected chi connectivity index (χ0v) is 16.1. The molecule has 8 heteroatoms. The average molecular weight is 387 g/mol. The highest BCUT2D eigenvalue weighted by molar-refractivity contribution is 5.96. The van der Waals surface area contributed by atoms with Gasteiger partial charge in [-0.15, -0.1) is 0 Å². The summed E-state index contributed by atoms with van der Waals surface area (Å²) in [7, 11) is 0. The molecule has 0 saturated carbocycles. The summed E-state index contributed by atoms with van der Waals surface area (Å²) < 4.78 is 0. The molecular formula is C21H21N7O. The Labute approximate surface area is 167 Å². The molecule has 0 atom stereocenters. The molecule has 5 rings (SSSR count). The second-order valence-corrected chi connectivity index (χ2v) is 7.41. The number of aryl methyl sites for hydroxylation is 1. The molecule has 0 unspecified atom stereocenters. The third-order valence-electron chi connectivity index (χ3n) is 5.54. The van der Waals surface area contributed by atoms with Crippen LogP contribution in [0.5, 0.6) is 0 Å². The molecule has 0 aliphatic carbocycles. The highest BCUT2D eigenvalue weighted by Gasteiger charge is 2.26. The number of amides is 1. The maximum atomic E-state index is 12.9. The Balaban J connectivity index is 1.29. The van der Waals surface area contributed by atoms with Crippen molar-refractivity contribution in [2.75, 3.05) is 13.1 Å². The molecule has 146 valence electrons. The van der Waals surface area contributed by atoms with Crippen molar-refractivity contribution in [3.05, 3.63) is 60.2 Å². The number of hydrogen-bond donors (Lipinski definition) is 2. The Bertz CT molecular complexity index is 1150. The first kappa shape index (κ1) is 17.5. The molecule has 1 aliphatic heterocycles. The summed E-state index contributed by atoms with van der Waals surface area (Å²) in [5.41, 5.74) is 4.41. The number of rotatable bonds is 3. The molecule has 3 aromatic heterocycles. The molecule has 1 aromatic carbocycles. The van der Waals surface area contributed by atoms with Gasteiger partial charge in [-0.05, 0) is 37.5 Å². The Morgan fingerprint density at radius 2 is 1.93 bits per heavy atom. The van der Waals surface area contributed by atoms with Gasteiger partial charge in [0.15, 0.2) is 5.82 Å². The van der Waals surface area contributed by atoms with Crippen LogP contribution in [-0.4, -0.2) is 54.0 Å². The molecule has 0 radical (unpaired) electrons. The van der Waals surface area contributed by atoms with Gasteiger partial charge in [-0.2, -0.15) is 5.10 Å². The molecule has 4 heterocycles. The summed E-state index contributed by atoms with van der Waals surface area (Å²) in [6, 6.07) is 7.69. The number of hydrogen-bond acceptors (Lipinski definition) is 5. The number of pyridine rings is 1. The number of fused-ring (bicyclic) bond motifs is 1. The minimum Gasteiger partial charge on any atom is -0.343 e. The Morgan fingerprint density at radius 3 is 2.66 bits per heavy atom. The number of likely N-dealkylation sites (tertiary alicyclic amines) is 1. The number of carbonyl (C=O) groups is 1. The second kappa shape index (κ2) is 7.12. The molecule has 1 fully saturated rings. The Morgan fingerprint density at radius 1 is 1.14 bits per heavy atom. The molecule has 1 saturated heterocycles. The fraction of sp³-hybridized carbons (Fsp3) is 0.286. The van der Waals surface area contributed by atoms with Gasteiger partial charge in [0.05, 0.1) is 23.6 Å². The maximum Gasteiger partial charge on any atom is 0.253 e. The third kappa shape index (κ3) is 3.26. The first-order chi connectivity index (χ1) is 14.2. The Hall–Kier alpha value is -3.55. The summed E-state index contributed by atoms with van der Waals surface area (Å²) in [5.74, 6) is 2.07. The van der Waals surface area contributed by atoms with Gasteiger partial charge in [-0.3, -0.25) is 14.9 Å². The summed E-state index contributed by atoms with van der Waals surface area (Å²) in [6.45, 7) is 3.34. The normalized spacial score (nSPS) is 15.1. The van der Waals surface area contributed by atoms with Gasteiger partial charge < -0.3 is 9.88 Å². The van der Waals surface area contributed by atoms with E-state index in [4.69, 9.17) is 0 Å². The van der Waals surface area contributed by atoms with Crippen molar-refractivity contribution < 1.29 is 4.79 Å². The van der Waals surface area contributed by atoms with Crippen LogP contribution in [0.15, 0.2) is 43.0 Å². The molecule has 0 bridgehead atoms. The van der Waals surface area contributed by atoms with E-state index in [0.717, 1.165) is 59.7 Å². The van der Waals surface area contributed by atoms with Crippen LogP contribution in [0, 0.1) is 6.92 Å².